The van der Waals surface area contributed by atoms with Crippen molar-refractivity contribution in [1.29, 1.82) is 0 Å². The summed E-state index contributed by atoms with van der Waals surface area (Å²) in [6.45, 7) is 0. The average Bonchev–Trinajstić information content (AvgIpc) is 4.08. The molecule has 0 saturated carbocycles. The van der Waals surface area contributed by atoms with E-state index in [1.54, 1.807) is 0 Å². The average molecular weight is 868 g/mol. The molecule has 0 fully saturated rings. The highest BCUT2D eigenvalue weighted by Crippen LogP contribution is 2.47. The summed E-state index contributed by atoms with van der Waals surface area (Å²) in [5, 5.41) is 1.51. The molecule has 10 rings (SSSR count). The predicted molar refractivity (Wildman–Crippen MR) is 253 cm³/mol. The Kier molecular flexibility index (Phi) is 10.00. The second kappa shape index (κ2) is 15.5. The van der Waals surface area contributed by atoms with Crippen LogP contribution in [0.5, 0.6) is 0 Å². The van der Waals surface area contributed by atoms with Gasteiger partial charge in [-0.1, -0.05) is 96.0 Å². The van der Waals surface area contributed by atoms with E-state index >= 15 is 0 Å². The van der Waals surface area contributed by atoms with Crippen molar-refractivity contribution in [3.8, 4) is 91.9 Å². The quantitative estimate of drug-likeness (QED) is 0.136. The van der Waals surface area contributed by atoms with Gasteiger partial charge in [-0.2, -0.15) is 0 Å². The first-order chi connectivity index (χ1) is 27.5. The zero-order valence-corrected chi connectivity index (χ0v) is 35.8. The van der Waals surface area contributed by atoms with E-state index in [1.807, 2.05) is 92.3 Å². The Morgan fingerprint density at radius 2 is 0.339 bits per heavy atom. The molecule has 10 aromatic rings. The van der Waals surface area contributed by atoms with Crippen molar-refractivity contribution in [2.75, 3.05) is 0 Å². The highest BCUT2D eigenvalue weighted by molar-refractivity contribution is 7.30. The van der Waals surface area contributed by atoms with Crippen molar-refractivity contribution < 1.29 is 0 Å². The Labute approximate surface area is 359 Å². The minimum atomic E-state index is 0.757. The first-order valence-corrected chi connectivity index (χ1v) is 23.5. The van der Waals surface area contributed by atoms with Gasteiger partial charge in [0, 0.05) is 68.6 Å². The van der Waals surface area contributed by atoms with Crippen LogP contribution in [0.4, 0.5) is 0 Å². The summed E-state index contributed by atoms with van der Waals surface area (Å²) in [7, 11) is 0. The van der Waals surface area contributed by atoms with E-state index in [1.165, 1.54) is 91.9 Å². The van der Waals surface area contributed by atoms with Crippen molar-refractivity contribution >= 4 is 91.2 Å². The molecule has 0 spiro atoms. The lowest BCUT2D eigenvalue weighted by Gasteiger charge is -2.03. The summed E-state index contributed by atoms with van der Waals surface area (Å²) in [4.78, 5) is 15.6. The maximum atomic E-state index is 6.08. The molecule has 4 aromatic carbocycles. The van der Waals surface area contributed by atoms with Crippen LogP contribution in [0.15, 0.2) is 170 Å². The Bertz CT molecular complexity index is 2710. The normalized spacial score (nSPS) is 11.4. The van der Waals surface area contributed by atoms with Crippen LogP contribution in [-0.2, 0) is 0 Å². The zero-order chi connectivity index (χ0) is 37.6. The monoisotopic (exact) mass is 866 g/mol. The van der Waals surface area contributed by atoms with E-state index in [9.17, 15) is 0 Å². The molecule has 0 saturated heterocycles. The van der Waals surface area contributed by atoms with Gasteiger partial charge in [0.1, 0.15) is 0 Å². The van der Waals surface area contributed by atoms with E-state index in [-0.39, 0.29) is 0 Å². The molecule has 6 aromatic heterocycles. The van der Waals surface area contributed by atoms with Crippen LogP contribution in [0.25, 0.3) is 91.9 Å². The zero-order valence-electron chi connectivity index (χ0n) is 29.4. The van der Waals surface area contributed by atoms with Gasteiger partial charge in [0.25, 0.3) is 0 Å². The molecule has 0 aliphatic carbocycles. The predicted octanol–water partition coefficient (Wildman–Crippen LogP) is 18.4. The Morgan fingerprint density at radius 3 is 0.571 bits per heavy atom. The Hall–Kier alpha value is -4.34. The van der Waals surface area contributed by atoms with Gasteiger partial charge in [-0.05, 0) is 130 Å². The van der Waals surface area contributed by atoms with Crippen molar-refractivity contribution in [2.45, 2.75) is 0 Å². The Morgan fingerprint density at radius 1 is 0.179 bits per heavy atom. The van der Waals surface area contributed by atoms with Gasteiger partial charge >= 0.3 is 0 Å². The summed E-state index contributed by atoms with van der Waals surface area (Å²) >= 11 is 23.4. The fourth-order valence-corrected chi connectivity index (χ4v) is 13.4. The molecule has 0 atom stereocenters. The molecule has 8 heteroatoms. The number of hydrogen-bond donors (Lipinski definition) is 0. The number of rotatable bonds is 9. The summed E-state index contributed by atoms with van der Waals surface area (Å²) in [5.74, 6) is 0. The number of benzene rings is 4. The van der Waals surface area contributed by atoms with Gasteiger partial charge in [0.05, 0.1) is 0 Å². The molecule has 0 aliphatic heterocycles. The molecule has 0 unspecified atom stereocenters. The molecule has 0 aliphatic rings. The van der Waals surface area contributed by atoms with E-state index in [2.05, 4.69) is 146 Å². The molecular formula is C48H28Cl2S6. The van der Waals surface area contributed by atoms with Gasteiger partial charge < -0.3 is 0 Å². The molecule has 6 heterocycles. The highest BCUT2D eigenvalue weighted by Gasteiger charge is 2.15. The van der Waals surface area contributed by atoms with Gasteiger partial charge in [-0.3, -0.25) is 0 Å². The second-order valence-electron chi connectivity index (χ2n) is 13.2. The fourth-order valence-electron chi connectivity index (χ4n) is 6.60. The van der Waals surface area contributed by atoms with Crippen LogP contribution >= 0.6 is 91.2 Å². The van der Waals surface area contributed by atoms with Crippen molar-refractivity contribution in [2.24, 2.45) is 0 Å². The summed E-state index contributed by atoms with van der Waals surface area (Å²) in [6, 6.07) is 60.8. The van der Waals surface area contributed by atoms with Crippen LogP contribution in [0, 0.1) is 0 Å². The molecule has 0 nitrogen and oxygen atoms in total. The van der Waals surface area contributed by atoms with Gasteiger partial charge in [0.15, 0.2) is 0 Å². The number of thiophene rings is 6. The first kappa shape index (κ1) is 36.0. The maximum absolute atomic E-state index is 6.08. The van der Waals surface area contributed by atoms with Crippen molar-refractivity contribution in [1.82, 2.24) is 0 Å². The van der Waals surface area contributed by atoms with Crippen LogP contribution < -0.4 is 0 Å². The van der Waals surface area contributed by atoms with E-state index < -0.39 is 0 Å². The van der Waals surface area contributed by atoms with E-state index in [0.29, 0.717) is 0 Å². The van der Waals surface area contributed by atoms with Crippen LogP contribution in [0.1, 0.15) is 0 Å². The number of halogens is 2. The lowest BCUT2D eigenvalue weighted by atomic mass is 10.0. The molecular weight excluding hydrogens is 840 g/mol. The molecule has 0 radical (unpaired) electrons. The summed E-state index contributed by atoms with van der Waals surface area (Å²) in [6.07, 6.45) is 0. The van der Waals surface area contributed by atoms with E-state index in [4.69, 9.17) is 23.2 Å². The van der Waals surface area contributed by atoms with Gasteiger partial charge in [0.2, 0.25) is 0 Å². The first-order valence-electron chi connectivity index (χ1n) is 17.8. The standard InChI is InChI=1S/C48H28Cl2S6/c49-35-13-9-31(10-14-35)29-1-5-33(6-2-29)37-17-19-39(51-37)41-21-23-43(53-41)45-25-27-47(55-45)48-28-26-46(56-48)44-24-22-42(54-44)40-20-18-38(52-40)34-7-3-30(4-8-34)32-11-15-36(50)16-12-32/h1-28H. The molecule has 0 amide bonds. The second-order valence-corrected chi connectivity index (χ2v) is 20.5. The summed E-state index contributed by atoms with van der Waals surface area (Å²) < 4.78 is 0. The fraction of sp³-hybridized carbons (Fsp3) is 0. The summed E-state index contributed by atoms with van der Waals surface area (Å²) in [5.41, 5.74) is 7.20. The lowest BCUT2D eigenvalue weighted by molar-refractivity contribution is 1.62. The Balaban J connectivity index is 0.804. The van der Waals surface area contributed by atoms with Crippen molar-refractivity contribution in [3.63, 3.8) is 0 Å². The molecule has 56 heavy (non-hydrogen) atoms. The smallest absolute Gasteiger partial charge is 0.0449 e. The third-order valence-corrected chi connectivity index (χ3v) is 17.6. The number of hydrogen-bond acceptors (Lipinski definition) is 6. The SMILES string of the molecule is Clc1ccc(-c2ccc(-c3ccc(-c4ccc(-c5ccc(-c6ccc(-c7ccc(-c8ccc(-c9ccc(-c%10ccc(Cl)cc%10)cc9)s8)s7)s6)s5)s4)s3)cc2)cc1. The topological polar surface area (TPSA) is 0 Å². The van der Waals surface area contributed by atoms with Crippen molar-refractivity contribution in [3.05, 3.63) is 180 Å². The molecule has 0 bridgehead atoms. The minimum absolute atomic E-state index is 0.757. The third-order valence-electron chi connectivity index (χ3n) is 9.54. The van der Waals surface area contributed by atoms with E-state index in [0.717, 1.165) is 10.0 Å². The largest absolute Gasteiger partial charge is 0.134 e. The minimum Gasteiger partial charge on any atom is -0.134 e. The van der Waals surface area contributed by atoms with Gasteiger partial charge in [-0.25, -0.2) is 0 Å². The maximum Gasteiger partial charge on any atom is 0.0449 e. The van der Waals surface area contributed by atoms with Crippen LogP contribution in [-0.4, -0.2) is 0 Å². The third kappa shape index (κ3) is 7.45. The lowest BCUT2D eigenvalue weighted by Crippen LogP contribution is -1.78. The molecule has 0 N–H and O–H groups in total. The van der Waals surface area contributed by atoms with Crippen LogP contribution in [0.2, 0.25) is 10.0 Å². The highest BCUT2D eigenvalue weighted by atomic mass is 35.5. The molecule has 270 valence electrons. The van der Waals surface area contributed by atoms with Crippen LogP contribution in [0.3, 0.4) is 0 Å². The van der Waals surface area contributed by atoms with Gasteiger partial charge in [-0.15, -0.1) is 68.0 Å².